The second kappa shape index (κ2) is 4.34. The van der Waals surface area contributed by atoms with E-state index in [4.69, 9.17) is 0 Å². The fourth-order valence-electron chi connectivity index (χ4n) is 3.13. The predicted molar refractivity (Wildman–Crippen MR) is 73.7 cm³/mol. The molecule has 0 saturated heterocycles. The molecule has 0 bridgehead atoms. The Morgan fingerprint density at radius 3 is 3.00 bits per heavy atom. The van der Waals surface area contributed by atoms with Gasteiger partial charge in [0.15, 0.2) is 0 Å². The van der Waals surface area contributed by atoms with Crippen molar-refractivity contribution in [3.05, 3.63) is 47.4 Å². The molecule has 0 spiro atoms. The van der Waals surface area contributed by atoms with E-state index in [1.165, 1.54) is 6.07 Å². The van der Waals surface area contributed by atoms with Gasteiger partial charge < -0.3 is 9.36 Å². The van der Waals surface area contributed by atoms with Crippen LogP contribution in [0.5, 0.6) is 0 Å². The largest absolute Gasteiger partial charge is 0.344 e. The van der Waals surface area contributed by atoms with Crippen LogP contribution in [0.4, 0.5) is 4.39 Å². The maximum absolute atomic E-state index is 14.1. The van der Waals surface area contributed by atoms with Crippen molar-refractivity contribution in [3.8, 4) is 0 Å². The average Bonchev–Trinajstić information content (AvgIpc) is 2.71. The molecule has 2 aromatic rings. The molecule has 0 saturated carbocycles. The lowest BCUT2D eigenvalue weighted by molar-refractivity contribution is -0.110. The molecule has 3 heteroatoms. The minimum absolute atomic E-state index is 0.178. The molecule has 0 amide bonds. The summed E-state index contributed by atoms with van der Waals surface area (Å²) in [5.41, 5.74) is 3.96. The van der Waals surface area contributed by atoms with E-state index < -0.39 is 0 Å². The first-order valence-corrected chi connectivity index (χ1v) is 6.58. The number of allylic oxidation sites excluding steroid dienone is 1. The average molecular weight is 257 g/mol. The van der Waals surface area contributed by atoms with Crippen molar-refractivity contribution in [2.75, 3.05) is 0 Å². The molecular weight excluding hydrogens is 241 g/mol. The third-order valence-electron chi connectivity index (χ3n) is 4.08. The van der Waals surface area contributed by atoms with Gasteiger partial charge >= 0.3 is 0 Å². The molecule has 1 aromatic heterocycles. The van der Waals surface area contributed by atoms with Crippen molar-refractivity contribution in [2.45, 2.75) is 26.3 Å². The zero-order valence-electron chi connectivity index (χ0n) is 10.9. The predicted octanol–water partition coefficient (Wildman–Crippen LogP) is 3.27. The van der Waals surface area contributed by atoms with E-state index in [0.717, 1.165) is 35.2 Å². The molecule has 1 aromatic carbocycles. The van der Waals surface area contributed by atoms with Gasteiger partial charge in [-0.3, -0.25) is 0 Å². The van der Waals surface area contributed by atoms with E-state index in [2.05, 4.69) is 18.1 Å². The van der Waals surface area contributed by atoms with Crippen LogP contribution in [-0.2, 0) is 24.2 Å². The Morgan fingerprint density at radius 1 is 1.53 bits per heavy atom. The number of fused-ring (bicyclic) bond motifs is 3. The number of benzene rings is 1. The summed E-state index contributed by atoms with van der Waals surface area (Å²) in [6.07, 6.45) is 2.17. The number of hydrogen-bond acceptors (Lipinski definition) is 1. The summed E-state index contributed by atoms with van der Waals surface area (Å²) >= 11 is 0. The lowest BCUT2D eigenvalue weighted by atomic mass is 9.84. The second-order valence-electron chi connectivity index (χ2n) is 5.09. The molecule has 1 atom stereocenters. The topological polar surface area (TPSA) is 22.0 Å². The van der Waals surface area contributed by atoms with Gasteiger partial charge in [0.1, 0.15) is 12.1 Å². The molecule has 0 aliphatic heterocycles. The first-order chi connectivity index (χ1) is 9.17. The highest BCUT2D eigenvalue weighted by atomic mass is 19.1. The molecule has 3 rings (SSSR count). The van der Waals surface area contributed by atoms with E-state index in [1.807, 2.05) is 6.07 Å². The first-order valence-electron chi connectivity index (χ1n) is 6.58. The van der Waals surface area contributed by atoms with Gasteiger partial charge in [-0.2, -0.15) is 0 Å². The van der Waals surface area contributed by atoms with E-state index in [9.17, 15) is 9.18 Å². The molecule has 0 radical (unpaired) electrons. The zero-order chi connectivity index (χ0) is 13.6. The Labute approximate surface area is 111 Å². The molecule has 1 heterocycles. The number of aryl methyl sites for hydroxylation is 1. The normalized spacial score (nSPS) is 18.6. The minimum Gasteiger partial charge on any atom is -0.344 e. The number of hydrogen-bond donors (Lipinski definition) is 0. The molecule has 2 nitrogen and oxygen atoms in total. The smallest absolute Gasteiger partial charge is 0.132 e. The summed E-state index contributed by atoms with van der Waals surface area (Å²) in [6, 6.07) is 5.17. The summed E-state index contributed by atoms with van der Waals surface area (Å²) in [6.45, 7) is 6.85. The Morgan fingerprint density at radius 2 is 2.32 bits per heavy atom. The van der Waals surface area contributed by atoms with Crippen molar-refractivity contribution in [1.29, 1.82) is 0 Å². The van der Waals surface area contributed by atoms with Gasteiger partial charge in [0.2, 0.25) is 0 Å². The Bertz CT molecular complexity index is 684. The quantitative estimate of drug-likeness (QED) is 0.598. The van der Waals surface area contributed by atoms with Crippen LogP contribution < -0.4 is 0 Å². The molecular formula is C16H16FNO. The van der Waals surface area contributed by atoms with Gasteiger partial charge in [0.05, 0.1) is 5.52 Å². The van der Waals surface area contributed by atoms with E-state index in [-0.39, 0.29) is 11.7 Å². The van der Waals surface area contributed by atoms with E-state index >= 15 is 0 Å². The fraction of sp³-hybridized carbons (Fsp3) is 0.312. The molecule has 0 unspecified atom stereocenters. The maximum atomic E-state index is 14.1. The van der Waals surface area contributed by atoms with Gasteiger partial charge in [-0.05, 0) is 31.0 Å². The van der Waals surface area contributed by atoms with E-state index in [1.54, 1.807) is 6.07 Å². The van der Waals surface area contributed by atoms with Gasteiger partial charge in [-0.15, -0.1) is 0 Å². The Balaban J connectivity index is 2.33. The summed E-state index contributed by atoms with van der Waals surface area (Å²) in [4.78, 5) is 11.1. The second-order valence-corrected chi connectivity index (χ2v) is 5.09. The monoisotopic (exact) mass is 257 g/mol. The van der Waals surface area contributed by atoms with Crippen molar-refractivity contribution < 1.29 is 9.18 Å². The number of halogens is 1. The third kappa shape index (κ3) is 1.65. The Hall–Kier alpha value is -1.90. The maximum Gasteiger partial charge on any atom is 0.132 e. The number of carbonyl (C=O) groups excluding carboxylic acids is 1. The highest BCUT2D eigenvalue weighted by Gasteiger charge is 2.28. The van der Waals surface area contributed by atoms with Gasteiger partial charge in [-0.25, -0.2) is 4.39 Å². The summed E-state index contributed by atoms with van der Waals surface area (Å²) in [7, 11) is 0. The standard InChI is InChI=1S/C16H16FNO/c1-3-18-14-6-4-5-13(17)16(14)12-8-11(9-19)10(2)7-15(12)18/h4-6,9,11H,2-3,7-8H2,1H3/t11-/m0/s1. The molecule has 1 aliphatic rings. The summed E-state index contributed by atoms with van der Waals surface area (Å²) in [5, 5.41) is 0.679. The number of rotatable bonds is 2. The highest BCUT2D eigenvalue weighted by Crippen LogP contribution is 2.36. The van der Waals surface area contributed by atoms with Gasteiger partial charge in [-0.1, -0.05) is 18.2 Å². The van der Waals surface area contributed by atoms with Crippen LogP contribution in [-0.4, -0.2) is 10.9 Å². The molecule has 1 aliphatic carbocycles. The lowest BCUT2D eigenvalue weighted by Gasteiger charge is -2.22. The van der Waals surface area contributed by atoms with Crippen LogP contribution in [0.25, 0.3) is 10.9 Å². The van der Waals surface area contributed by atoms with Crippen molar-refractivity contribution in [1.82, 2.24) is 4.57 Å². The van der Waals surface area contributed by atoms with Crippen molar-refractivity contribution in [3.63, 3.8) is 0 Å². The SMILES string of the molecule is C=C1Cc2c(c3c(F)cccc3n2CC)C[C@H]1C=O. The van der Waals surface area contributed by atoms with E-state index in [0.29, 0.717) is 18.2 Å². The van der Waals surface area contributed by atoms with Crippen molar-refractivity contribution >= 4 is 17.2 Å². The van der Waals surface area contributed by atoms with Crippen molar-refractivity contribution in [2.24, 2.45) is 5.92 Å². The van der Waals surface area contributed by atoms with Crippen LogP contribution in [0.2, 0.25) is 0 Å². The minimum atomic E-state index is -0.196. The molecule has 0 N–H and O–H groups in total. The number of nitrogens with zero attached hydrogens (tertiary/aromatic N) is 1. The summed E-state index contributed by atoms with van der Waals surface area (Å²) < 4.78 is 16.3. The Kier molecular flexibility index (Phi) is 2.77. The number of aromatic nitrogens is 1. The lowest BCUT2D eigenvalue weighted by Crippen LogP contribution is -2.19. The number of carbonyl (C=O) groups is 1. The summed E-state index contributed by atoms with van der Waals surface area (Å²) in [5.74, 6) is -0.374. The molecule has 0 fully saturated rings. The van der Waals surface area contributed by atoms with Gasteiger partial charge in [0, 0.05) is 30.0 Å². The van der Waals surface area contributed by atoms with Gasteiger partial charge in [0.25, 0.3) is 0 Å². The number of aldehydes is 1. The first kappa shape index (κ1) is 12.2. The fourth-order valence-corrected chi connectivity index (χ4v) is 3.13. The third-order valence-corrected chi connectivity index (χ3v) is 4.08. The molecule has 19 heavy (non-hydrogen) atoms. The van der Waals surface area contributed by atoms with Crippen LogP contribution in [0.15, 0.2) is 30.4 Å². The molecule has 98 valence electrons. The zero-order valence-corrected chi connectivity index (χ0v) is 10.9. The van der Waals surface area contributed by atoms with Crippen LogP contribution in [0.3, 0.4) is 0 Å². The van der Waals surface area contributed by atoms with Crippen LogP contribution in [0.1, 0.15) is 18.2 Å². The van der Waals surface area contributed by atoms with Crippen LogP contribution >= 0.6 is 0 Å². The van der Waals surface area contributed by atoms with Crippen LogP contribution in [0, 0.1) is 11.7 Å². The highest BCUT2D eigenvalue weighted by molar-refractivity contribution is 5.87.